The Kier molecular flexibility index (Phi) is 4.25. The summed E-state index contributed by atoms with van der Waals surface area (Å²) in [4.78, 5) is 0. The van der Waals surface area contributed by atoms with Gasteiger partial charge in [0.15, 0.2) is 0 Å². The third-order valence-electron chi connectivity index (χ3n) is 4.05. The van der Waals surface area contributed by atoms with Gasteiger partial charge in [-0.1, -0.05) is 11.6 Å². The van der Waals surface area contributed by atoms with Crippen molar-refractivity contribution in [3.05, 3.63) is 52.5 Å². The van der Waals surface area contributed by atoms with E-state index in [-0.39, 0.29) is 0 Å². The van der Waals surface area contributed by atoms with Crippen molar-refractivity contribution in [3.63, 3.8) is 0 Å². The molecule has 5 heteroatoms. The largest absolute Gasteiger partial charge is 0.457 e. The first-order valence-corrected chi connectivity index (χ1v) is 7.74. The van der Waals surface area contributed by atoms with E-state index >= 15 is 0 Å². The molecule has 0 amide bonds. The average molecular weight is 318 g/mol. The standard InChI is InChI=1S/C17H20ClN3O/c1-11-8-14(19)3-5-16(11)22-17-4-2-13(18)9-15(17)12-6-7-21(20)10-12/h2-5,8-9,12H,6-7,10,19-20H2,1H3. The topological polar surface area (TPSA) is 64.5 Å². The third kappa shape index (κ3) is 3.19. The summed E-state index contributed by atoms with van der Waals surface area (Å²) in [5.74, 6) is 7.87. The fraction of sp³-hybridized carbons (Fsp3) is 0.294. The van der Waals surface area contributed by atoms with Crippen molar-refractivity contribution < 1.29 is 4.74 Å². The Labute approximate surface area is 135 Å². The molecule has 0 bridgehead atoms. The molecule has 1 heterocycles. The molecule has 0 aromatic heterocycles. The Hall–Kier alpha value is -1.75. The summed E-state index contributed by atoms with van der Waals surface area (Å²) in [6.45, 7) is 3.69. The first kappa shape index (κ1) is 15.2. The van der Waals surface area contributed by atoms with Gasteiger partial charge in [0.1, 0.15) is 11.5 Å². The number of nitrogens with two attached hydrogens (primary N) is 2. The van der Waals surface area contributed by atoms with E-state index in [1.165, 1.54) is 0 Å². The van der Waals surface area contributed by atoms with E-state index in [9.17, 15) is 0 Å². The minimum atomic E-state index is 0.341. The molecule has 22 heavy (non-hydrogen) atoms. The molecule has 1 aliphatic rings. The van der Waals surface area contributed by atoms with Gasteiger partial charge in [-0.3, -0.25) is 5.84 Å². The maximum atomic E-state index is 6.17. The van der Waals surface area contributed by atoms with E-state index in [1.54, 1.807) is 0 Å². The summed E-state index contributed by atoms with van der Waals surface area (Å²) in [5, 5.41) is 2.55. The number of nitrogens with zero attached hydrogens (tertiary/aromatic N) is 1. The van der Waals surface area contributed by atoms with Gasteiger partial charge >= 0.3 is 0 Å². The Morgan fingerprint density at radius 3 is 2.64 bits per heavy atom. The number of ether oxygens (including phenoxy) is 1. The monoisotopic (exact) mass is 317 g/mol. The highest BCUT2D eigenvalue weighted by Gasteiger charge is 2.25. The van der Waals surface area contributed by atoms with Crippen molar-refractivity contribution in [3.8, 4) is 11.5 Å². The lowest BCUT2D eigenvalue weighted by atomic mass is 9.97. The molecule has 1 atom stereocenters. The summed E-state index contributed by atoms with van der Waals surface area (Å²) < 4.78 is 6.12. The van der Waals surface area contributed by atoms with Crippen molar-refractivity contribution in [1.29, 1.82) is 0 Å². The predicted molar refractivity (Wildman–Crippen MR) is 90.2 cm³/mol. The summed E-state index contributed by atoms with van der Waals surface area (Å²) in [7, 11) is 0. The Bertz CT molecular complexity index is 690. The van der Waals surface area contributed by atoms with Crippen molar-refractivity contribution >= 4 is 17.3 Å². The van der Waals surface area contributed by atoms with Crippen molar-refractivity contribution in [2.24, 2.45) is 5.84 Å². The first-order chi connectivity index (χ1) is 10.5. The Morgan fingerprint density at radius 2 is 1.95 bits per heavy atom. The molecule has 1 saturated heterocycles. The molecule has 1 fully saturated rings. The van der Waals surface area contributed by atoms with Crippen LogP contribution in [0, 0.1) is 6.92 Å². The van der Waals surface area contributed by atoms with Crippen molar-refractivity contribution in [2.45, 2.75) is 19.3 Å². The van der Waals surface area contributed by atoms with Gasteiger partial charge in [0.25, 0.3) is 0 Å². The molecular formula is C17H20ClN3O. The molecule has 4 N–H and O–H groups in total. The van der Waals surface area contributed by atoms with Gasteiger partial charge in [0, 0.05) is 35.3 Å². The van der Waals surface area contributed by atoms with Gasteiger partial charge in [-0.05, 0) is 55.3 Å². The molecule has 2 aromatic rings. The number of benzene rings is 2. The first-order valence-electron chi connectivity index (χ1n) is 7.36. The summed E-state index contributed by atoms with van der Waals surface area (Å²) in [6.07, 6.45) is 1.01. The summed E-state index contributed by atoms with van der Waals surface area (Å²) >= 11 is 6.17. The fourth-order valence-corrected chi connectivity index (χ4v) is 3.06. The molecule has 0 saturated carbocycles. The van der Waals surface area contributed by atoms with E-state index in [1.807, 2.05) is 48.3 Å². The number of rotatable bonds is 3. The maximum absolute atomic E-state index is 6.17. The van der Waals surface area contributed by atoms with Crippen molar-refractivity contribution in [2.75, 3.05) is 18.8 Å². The van der Waals surface area contributed by atoms with Gasteiger partial charge in [-0.15, -0.1) is 0 Å². The highest BCUT2D eigenvalue weighted by Crippen LogP contribution is 2.37. The number of hydrogen-bond acceptors (Lipinski definition) is 4. The van der Waals surface area contributed by atoms with E-state index in [2.05, 4.69) is 0 Å². The second-order valence-corrected chi connectivity index (χ2v) is 6.23. The molecule has 3 rings (SSSR count). The lowest BCUT2D eigenvalue weighted by Crippen LogP contribution is -2.27. The van der Waals surface area contributed by atoms with E-state index in [4.69, 9.17) is 27.9 Å². The molecule has 4 nitrogen and oxygen atoms in total. The highest BCUT2D eigenvalue weighted by atomic mass is 35.5. The van der Waals surface area contributed by atoms with Crippen LogP contribution in [0.15, 0.2) is 36.4 Å². The minimum Gasteiger partial charge on any atom is -0.457 e. The number of hydrogen-bond donors (Lipinski definition) is 2. The third-order valence-corrected chi connectivity index (χ3v) is 4.29. The minimum absolute atomic E-state index is 0.341. The van der Waals surface area contributed by atoms with E-state index in [0.29, 0.717) is 10.9 Å². The van der Waals surface area contributed by atoms with Crippen LogP contribution in [0.1, 0.15) is 23.5 Å². The van der Waals surface area contributed by atoms with Crippen LogP contribution in [0.25, 0.3) is 0 Å². The molecule has 1 aliphatic heterocycles. The Balaban J connectivity index is 1.93. The van der Waals surface area contributed by atoms with Gasteiger partial charge < -0.3 is 10.5 Å². The zero-order valence-corrected chi connectivity index (χ0v) is 13.3. The number of halogens is 1. The van der Waals surface area contributed by atoms with E-state index in [0.717, 1.165) is 47.8 Å². The summed E-state index contributed by atoms with van der Waals surface area (Å²) in [5.41, 5.74) is 8.64. The van der Waals surface area contributed by atoms with Crippen LogP contribution in [0.3, 0.4) is 0 Å². The summed E-state index contributed by atoms with van der Waals surface area (Å²) in [6, 6.07) is 11.4. The number of nitrogen functional groups attached to an aromatic ring is 1. The number of aryl methyl sites for hydroxylation is 1. The highest BCUT2D eigenvalue weighted by molar-refractivity contribution is 6.30. The SMILES string of the molecule is Cc1cc(N)ccc1Oc1ccc(Cl)cc1C1CCN(N)C1. The smallest absolute Gasteiger partial charge is 0.131 e. The number of hydrazine groups is 1. The second-order valence-electron chi connectivity index (χ2n) is 5.79. The molecular weight excluding hydrogens is 298 g/mol. The van der Waals surface area contributed by atoms with Gasteiger partial charge in [-0.2, -0.15) is 0 Å². The van der Waals surface area contributed by atoms with Crippen LogP contribution in [-0.2, 0) is 0 Å². The average Bonchev–Trinajstić information content (AvgIpc) is 2.90. The number of anilines is 1. The lowest BCUT2D eigenvalue weighted by molar-refractivity contribution is 0.349. The fourth-order valence-electron chi connectivity index (χ4n) is 2.88. The van der Waals surface area contributed by atoms with Crippen LogP contribution in [0.5, 0.6) is 11.5 Å². The maximum Gasteiger partial charge on any atom is 0.131 e. The molecule has 0 aliphatic carbocycles. The molecule has 2 aromatic carbocycles. The molecule has 116 valence electrons. The van der Waals surface area contributed by atoms with Gasteiger partial charge in [-0.25, -0.2) is 5.01 Å². The molecule has 1 unspecified atom stereocenters. The molecule has 0 spiro atoms. The quantitative estimate of drug-likeness (QED) is 0.669. The zero-order chi connectivity index (χ0) is 15.7. The normalized spacial score (nSPS) is 18.6. The van der Waals surface area contributed by atoms with Crippen molar-refractivity contribution in [1.82, 2.24) is 5.01 Å². The van der Waals surface area contributed by atoms with Crippen LogP contribution < -0.4 is 16.3 Å². The van der Waals surface area contributed by atoms with Crippen LogP contribution >= 0.6 is 11.6 Å². The van der Waals surface area contributed by atoms with Crippen LogP contribution in [0.4, 0.5) is 5.69 Å². The van der Waals surface area contributed by atoms with Crippen LogP contribution in [-0.4, -0.2) is 18.1 Å². The van der Waals surface area contributed by atoms with Gasteiger partial charge in [0.2, 0.25) is 0 Å². The molecule has 0 radical (unpaired) electrons. The van der Waals surface area contributed by atoms with Crippen LogP contribution in [0.2, 0.25) is 5.02 Å². The predicted octanol–water partition coefficient (Wildman–Crippen LogP) is 3.69. The Morgan fingerprint density at radius 1 is 1.18 bits per heavy atom. The second kappa shape index (κ2) is 6.16. The lowest BCUT2D eigenvalue weighted by Gasteiger charge is -2.17. The zero-order valence-electron chi connectivity index (χ0n) is 12.6. The van der Waals surface area contributed by atoms with E-state index < -0.39 is 0 Å². The van der Waals surface area contributed by atoms with Gasteiger partial charge in [0.05, 0.1) is 0 Å².